The zero-order valence-corrected chi connectivity index (χ0v) is 9.98. The number of rotatable bonds is 4. The van der Waals surface area contributed by atoms with Gasteiger partial charge in [0, 0.05) is 13.8 Å². The second kappa shape index (κ2) is 6.09. The van der Waals surface area contributed by atoms with Crippen molar-refractivity contribution in [2.45, 2.75) is 13.8 Å². The van der Waals surface area contributed by atoms with Gasteiger partial charge in [-0.05, 0) is 10.3 Å². The molecule has 1 aromatic rings. The molecule has 0 radical (unpaired) electrons. The van der Waals surface area contributed by atoms with Gasteiger partial charge >= 0.3 is 11.9 Å². The van der Waals surface area contributed by atoms with E-state index in [1.807, 2.05) is 0 Å². The summed E-state index contributed by atoms with van der Waals surface area (Å²) in [5.41, 5.74) is 10.7. The monoisotopic (exact) mass is 270 g/mol. The van der Waals surface area contributed by atoms with E-state index in [4.69, 9.17) is 11.5 Å². The Labute approximate surface area is 106 Å². The van der Waals surface area contributed by atoms with Crippen LogP contribution in [0.4, 0.5) is 0 Å². The molecule has 0 amide bonds. The minimum atomic E-state index is -0.678. The zero-order valence-electron chi connectivity index (χ0n) is 9.98. The van der Waals surface area contributed by atoms with Crippen LogP contribution < -0.4 is 11.5 Å². The van der Waals surface area contributed by atoms with Crippen LogP contribution in [0.25, 0.3) is 0 Å². The molecule has 0 unspecified atom stereocenters. The summed E-state index contributed by atoms with van der Waals surface area (Å²) in [6.07, 6.45) is 0. The molecule has 11 heteroatoms. The van der Waals surface area contributed by atoms with Crippen molar-refractivity contribution in [3.63, 3.8) is 0 Å². The van der Waals surface area contributed by atoms with Gasteiger partial charge in [0.05, 0.1) is 0 Å². The Morgan fingerprint density at radius 1 is 1.00 bits per heavy atom. The van der Waals surface area contributed by atoms with E-state index in [1.54, 1.807) is 0 Å². The summed E-state index contributed by atoms with van der Waals surface area (Å²) in [4.78, 5) is 29.7. The van der Waals surface area contributed by atoms with E-state index in [0.717, 1.165) is 13.8 Å². The maximum Gasteiger partial charge on any atom is 0.332 e. The van der Waals surface area contributed by atoms with Crippen molar-refractivity contribution >= 4 is 23.6 Å². The van der Waals surface area contributed by atoms with Crippen LogP contribution in [0.15, 0.2) is 14.9 Å². The third-order valence-corrected chi connectivity index (χ3v) is 1.52. The first-order valence-electron chi connectivity index (χ1n) is 4.77. The Balaban J connectivity index is 2.97. The van der Waals surface area contributed by atoms with E-state index in [0.29, 0.717) is 0 Å². The minimum absolute atomic E-state index is 0.116. The van der Waals surface area contributed by atoms with Gasteiger partial charge < -0.3 is 21.1 Å². The standard InChI is InChI=1S/C8H10N6O5/c1-3(15)17-13-7(9)5-6(12-19-11-5)8(10)14-18-4(2)16/h1-2H3,(H2,9,13)(H2,10,14). The van der Waals surface area contributed by atoms with Crippen molar-refractivity contribution in [2.75, 3.05) is 0 Å². The molecule has 0 fully saturated rings. The Hall–Kier alpha value is -2.98. The molecule has 0 aliphatic carbocycles. The summed E-state index contributed by atoms with van der Waals surface area (Å²) < 4.78 is 4.40. The number of carbonyl (C=O) groups is 2. The highest BCUT2D eigenvalue weighted by Gasteiger charge is 2.19. The Morgan fingerprint density at radius 2 is 1.37 bits per heavy atom. The van der Waals surface area contributed by atoms with Crippen LogP contribution >= 0.6 is 0 Å². The fourth-order valence-corrected chi connectivity index (χ4v) is 0.838. The first-order chi connectivity index (χ1) is 8.91. The smallest absolute Gasteiger partial charge is 0.332 e. The molecule has 0 aliphatic rings. The van der Waals surface area contributed by atoms with E-state index in [-0.39, 0.29) is 23.1 Å². The molecule has 0 aliphatic heterocycles. The summed E-state index contributed by atoms with van der Waals surface area (Å²) in [7, 11) is 0. The molecule has 4 N–H and O–H groups in total. The Morgan fingerprint density at radius 3 is 1.68 bits per heavy atom. The molecule has 19 heavy (non-hydrogen) atoms. The van der Waals surface area contributed by atoms with Crippen molar-refractivity contribution in [3.8, 4) is 0 Å². The largest absolute Gasteiger partial charge is 0.379 e. The number of hydrogen-bond donors (Lipinski definition) is 2. The van der Waals surface area contributed by atoms with Crippen LogP contribution in [-0.2, 0) is 19.3 Å². The molecule has 1 heterocycles. The average molecular weight is 270 g/mol. The van der Waals surface area contributed by atoms with Crippen molar-refractivity contribution in [3.05, 3.63) is 11.4 Å². The molecule has 11 nitrogen and oxygen atoms in total. The summed E-state index contributed by atoms with van der Waals surface area (Å²) in [5, 5.41) is 13.4. The molecule has 0 spiro atoms. The van der Waals surface area contributed by atoms with Crippen LogP contribution in [0.3, 0.4) is 0 Å². The highest BCUT2D eigenvalue weighted by atomic mass is 16.7. The SMILES string of the molecule is CC(=O)ON=C(N)c1nonc1C(N)=NOC(C)=O. The molecular weight excluding hydrogens is 260 g/mol. The molecule has 102 valence electrons. The molecule has 0 saturated heterocycles. The Kier molecular flexibility index (Phi) is 4.51. The number of amidine groups is 2. The summed E-state index contributed by atoms with van der Waals surface area (Å²) in [6.45, 7) is 2.27. The highest BCUT2D eigenvalue weighted by Crippen LogP contribution is 2.03. The van der Waals surface area contributed by atoms with Gasteiger partial charge in [-0.3, -0.25) is 0 Å². The molecular formula is C8H10N6O5. The number of hydrogen-bond acceptors (Lipinski definition) is 9. The van der Waals surface area contributed by atoms with Crippen LogP contribution in [0, 0.1) is 0 Å². The van der Waals surface area contributed by atoms with E-state index < -0.39 is 11.9 Å². The maximum atomic E-state index is 10.6. The quantitative estimate of drug-likeness (QED) is 0.284. The lowest BCUT2D eigenvalue weighted by Crippen LogP contribution is -2.23. The van der Waals surface area contributed by atoms with E-state index in [9.17, 15) is 9.59 Å². The van der Waals surface area contributed by atoms with Crippen LogP contribution in [0.5, 0.6) is 0 Å². The summed E-state index contributed by atoms with van der Waals surface area (Å²) >= 11 is 0. The second-order valence-electron chi connectivity index (χ2n) is 3.08. The van der Waals surface area contributed by atoms with Crippen molar-refractivity contribution in [2.24, 2.45) is 21.8 Å². The van der Waals surface area contributed by atoms with Crippen molar-refractivity contribution in [1.82, 2.24) is 10.3 Å². The van der Waals surface area contributed by atoms with Crippen LogP contribution in [0.2, 0.25) is 0 Å². The van der Waals surface area contributed by atoms with Gasteiger partial charge in [-0.1, -0.05) is 10.3 Å². The highest BCUT2D eigenvalue weighted by molar-refractivity contribution is 6.07. The van der Waals surface area contributed by atoms with Gasteiger partial charge in [0.25, 0.3) is 0 Å². The molecule has 1 aromatic heterocycles. The first kappa shape index (κ1) is 14.1. The summed E-state index contributed by atoms with van der Waals surface area (Å²) in [5.74, 6) is -1.98. The molecule has 0 atom stereocenters. The third kappa shape index (κ3) is 4.07. The maximum absolute atomic E-state index is 10.6. The number of aromatic nitrogens is 2. The minimum Gasteiger partial charge on any atom is -0.379 e. The lowest BCUT2D eigenvalue weighted by molar-refractivity contribution is -0.141. The molecule has 0 aromatic carbocycles. The predicted octanol–water partition coefficient (Wildman–Crippen LogP) is -1.56. The van der Waals surface area contributed by atoms with Crippen molar-refractivity contribution < 1.29 is 23.9 Å². The lowest BCUT2D eigenvalue weighted by atomic mass is 10.3. The van der Waals surface area contributed by atoms with E-state index >= 15 is 0 Å². The van der Waals surface area contributed by atoms with Gasteiger partial charge in [0.15, 0.2) is 23.1 Å². The number of nitrogens with zero attached hydrogens (tertiary/aromatic N) is 4. The van der Waals surface area contributed by atoms with Gasteiger partial charge in [0.2, 0.25) is 0 Å². The Bertz CT molecular complexity index is 501. The number of carbonyl (C=O) groups excluding carboxylic acids is 2. The van der Waals surface area contributed by atoms with Crippen LogP contribution in [0.1, 0.15) is 25.2 Å². The fourth-order valence-electron chi connectivity index (χ4n) is 0.838. The molecule has 1 rings (SSSR count). The van der Waals surface area contributed by atoms with Gasteiger partial charge in [-0.15, -0.1) is 0 Å². The van der Waals surface area contributed by atoms with E-state index in [2.05, 4.69) is 34.9 Å². The van der Waals surface area contributed by atoms with Gasteiger partial charge in [-0.25, -0.2) is 14.2 Å². The molecule has 0 bridgehead atoms. The molecule has 0 saturated carbocycles. The third-order valence-electron chi connectivity index (χ3n) is 1.52. The van der Waals surface area contributed by atoms with Gasteiger partial charge in [0.1, 0.15) is 0 Å². The van der Waals surface area contributed by atoms with Crippen LogP contribution in [-0.4, -0.2) is 33.9 Å². The van der Waals surface area contributed by atoms with E-state index in [1.165, 1.54) is 0 Å². The second-order valence-corrected chi connectivity index (χ2v) is 3.08. The topological polar surface area (TPSA) is 168 Å². The zero-order chi connectivity index (χ0) is 14.4. The van der Waals surface area contributed by atoms with Crippen molar-refractivity contribution in [1.29, 1.82) is 0 Å². The van der Waals surface area contributed by atoms with Gasteiger partial charge in [-0.2, -0.15) is 0 Å². The average Bonchev–Trinajstić information content (AvgIpc) is 2.82. The first-order valence-corrected chi connectivity index (χ1v) is 4.77. The lowest BCUT2D eigenvalue weighted by Gasteiger charge is -1.97. The normalized spacial score (nSPS) is 12.1. The fraction of sp³-hybridized carbons (Fsp3) is 0.250. The predicted molar refractivity (Wildman–Crippen MR) is 59.3 cm³/mol. The number of oxime groups is 2. The number of nitrogens with two attached hydrogens (primary N) is 2. The summed E-state index contributed by atoms with van der Waals surface area (Å²) in [6, 6.07) is 0.